The quantitative estimate of drug-likeness (QED) is 0.898. The van der Waals surface area contributed by atoms with Crippen LogP contribution in [0.15, 0.2) is 30.6 Å². The van der Waals surface area contributed by atoms with Gasteiger partial charge in [-0.05, 0) is 32.9 Å². The number of pyridine rings is 1. The van der Waals surface area contributed by atoms with E-state index in [0.29, 0.717) is 17.3 Å². The highest BCUT2D eigenvalue weighted by Crippen LogP contribution is 2.09. The van der Waals surface area contributed by atoms with Crippen molar-refractivity contribution in [1.29, 1.82) is 0 Å². The van der Waals surface area contributed by atoms with Crippen molar-refractivity contribution >= 4 is 11.7 Å². The van der Waals surface area contributed by atoms with Crippen molar-refractivity contribution in [1.82, 2.24) is 14.5 Å². The minimum atomic E-state index is -0.169. The number of hydrogen-bond donors (Lipinski definition) is 1. The number of aromatic nitrogens is 3. The first-order chi connectivity index (χ1) is 8.58. The summed E-state index contributed by atoms with van der Waals surface area (Å²) in [5.41, 5.74) is 0.404. The molecule has 94 valence electrons. The molecule has 0 bridgehead atoms. The zero-order valence-corrected chi connectivity index (χ0v) is 10.7. The molecule has 0 saturated carbocycles. The van der Waals surface area contributed by atoms with Gasteiger partial charge in [0, 0.05) is 18.4 Å². The number of nitrogens with zero attached hydrogens (tertiary/aromatic N) is 3. The third-order valence-corrected chi connectivity index (χ3v) is 2.45. The SMILES string of the molecule is Cc1nccn1C(=O)c1cccc(NC(C)C)n1. The summed E-state index contributed by atoms with van der Waals surface area (Å²) in [6.45, 7) is 5.83. The first-order valence-corrected chi connectivity index (χ1v) is 5.86. The van der Waals surface area contributed by atoms with E-state index < -0.39 is 0 Å². The normalized spacial score (nSPS) is 10.7. The van der Waals surface area contributed by atoms with E-state index in [1.165, 1.54) is 4.57 Å². The van der Waals surface area contributed by atoms with Gasteiger partial charge in [0.25, 0.3) is 5.91 Å². The number of hydrogen-bond acceptors (Lipinski definition) is 4. The van der Waals surface area contributed by atoms with Crippen molar-refractivity contribution < 1.29 is 4.79 Å². The fourth-order valence-corrected chi connectivity index (χ4v) is 1.65. The summed E-state index contributed by atoms with van der Waals surface area (Å²) in [7, 11) is 0. The fourth-order valence-electron chi connectivity index (χ4n) is 1.65. The summed E-state index contributed by atoms with van der Waals surface area (Å²) < 4.78 is 1.49. The molecule has 2 aromatic heterocycles. The van der Waals surface area contributed by atoms with E-state index in [0.717, 1.165) is 0 Å². The topological polar surface area (TPSA) is 59.8 Å². The van der Waals surface area contributed by atoms with Crippen LogP contribution in [0.4, 0.5) is 5.82 Å². The molecule has 0 saturated heterocycles. The Kier molecular flexibility index (Phi) is 3.41. The van der Waals surface area contributed by atoms with Crippen LogP contribution in [0.3, 0.4) is 0 Å². The Labute approximate surface area is 106 Å². The second-order valence-corrected chi connectivity index (χ2v) is 4.36. The zero-order chi connectivity index (χ0) is 13.1. The van der Waals surface area contributed by atoms with Gasteiger partial charge in [-0.1, -0.05) is 6.07 Å². The lowest BCUT2D eigenvalue weighted by molar-refractivity contribution is 0.0953. The summed E-state index contributed by atoms with van der Waals surface area (Å²) in [4.78, 5) is 20.5. The van der Waals surface area contributed by atoms with Crippen LogP contribution in [-0.4, -0.2) is 26.5 Å². The van der Waals surface area contributed by atoms with Crippen LogP contribution < -0.4 is 5.32 Å². The maximum atomic E-state index is 12.2. The molecule has 0 atom stereocenters. The van der Waals surface area contributed by atoms with Gasteiger partial charge in [0.1, 0.15) is 17.3 Å². The highest BCUT2D eigenvalue weighted by atomic mass is 16.2. The Morgan fingerprint density at radius 2 is 2.17 bits per heavy atom. The van der Waals surface area contributed by atoms with E-state index in [4.69, 9.17) is 0 Å². The van der Waals surface area contributed by atoms with Gasteiger partial charge in [-0.15, -0.1) is 0 Å². The van der Waals surface area contributed by atoms with Crippen molar-refractivity contribution in [2.75, 3.05) is 5.32 Å². The Morgan fingerprint density at radius 1 is 1.39 bits per heavy atom. The van der Waals surface area contributed by atoms with Crippen LogP contribution in [0.25, 0.3) is 0 Å². The largest absolute Gasteiger partial charge is 0.368 e. The third kappa shape index (κ3) is 2.56. The van der Waals surface area contributed by atoms with E-state index in [1.54, 1.807) is 25.4 Å². The van der Waals surface area contributed by atoms with E-state index in [2.05, 4.69) is 15.3 Å². The van der Waals surface area contributed by atoms with Gasteiger partial charge >= 0.3 is 0 Å². The van der Waals surface area contributed by atoms with Crippen LogP contribution in [0, 0.1) is 6.92 Å². The monoisotopic (exact) mass is 244 g/mol. The van der Waals surface area contributed by atoms with E-state index in [1.807, 2.05) is 26.0 Å². The predicted molar refractivity (Wildman–Crippen MR) is 69.7 cm³/mol. The zero-order valence-electron chi connectivity index (χ0n) is 10.7. The maximum absolute atomic E-state index is 12.2. The number of imidazole rings is 1. The molecule has 0 aromatic carbocycles. The average molecular weight is 244 g/mol. The molecular weight excluding hydrogens is 228 g/mol. The van der Waals surface area contributed by atoms with Crippen molar-refractivity contribution in [3.8, 4) is 0 Å². The van der Waals surface area contributed by atoms with Gasteiger partial charge in [0.15, 0.2) is 0 Å². The molecule has 0 aliphatic carbocycles. The lowest BCUT2D eigenvalue weighted by atomic mass is 10.3. The fraction of sp³-hybridized carbons (Fsp3) is 0.308. The summed E-state index contributed by atoms with van der Waals surface area (Å²) in [6.07, 6.45) is 3.24. The molecule has 0 aliphatic rings. The Hall–Kier alpha value is -2.17. The predicted octanol–water partition coefficient (Wildman–Crippen LogP) is 2.10. The molecule has 0 spiro atoms. The van der Waals surface area contributed by atoms with Crippen LogP contribution in [-0.2, 0) is 0 Å². The molecule has 5 heteroatoms. The number of rotatable bonds is 3. The molecule has 0 unspecified atom stereocenters. The number of anilines is 1. The second-order valence-electron chi connectivity index (χ2n) is 4.36. The first-order valence-electron chi connectivity index (χ1n) is 5.86. The molecule has 0 radical (unpaired) electrons. The lowest BCUT2D eigenvalue weighted by Crippen LogP contribution is -2.16. The summed E-state index contributed by atoms with van der Waals surface area (Å²) in [6, 6.07) is 5.64. The molecule has 0 amide bonds. The first kappa shape index (κ1) is 12.3. The number of carbonyl (C=O) groups excluding carboxylic acids is 1. The van der Waals surface area contributed by atoms with Crippen molar-refractivity contribution in [2.45, 2.75) is 26.8 Å². The number of carbonyl (C=O) groups is 1. The second kappa shape index (κ2) is 5.00. The molecule has 18 heavy (non-hydrogen) atoms. The summed E-state index contributed by atoms with van der Waals surface area (Å²) >= 11 is 0. The van der Waals surface area contributed by atoms with E-state index in [-0.39, 0.29) is 11.9 Å². The van der Waals surface area contributed by atoms with Gasteiger partial charge < -0.3 is 5.32 Å². The number of aryl methyl sites for hydroxylation is 1. The minimum absolute atomic E-state index is 0.169. The molecule has 2 rings (SSSR count). The van der Waals surface area contributed by atoms with E-state index >= 15 is 0 Å². The van der Waals surface area contributed by atoms with Gasteiger partial charge in [-0.25, -0.2) is 9.97 Å². The smallest absolute Gasteiger partial charge is 0.281 e. The Bertz CT molecular complexity index is 560. The molecule has 2 heterocycles. The van der Waals surface area contributed by atoms with Crippen LogP contribution in [0.5, 0.6) is 0 Å². The third-order valence-electron chi connectivity index (χ3n) is 2.45. The molecule has 0 fully saturated rings. The van der Waals surface area contributed by atoms with Crippen LogP contribution in [0.1, 0.15) is 30.2 Å². The van der Waals surface area contributed by atoms with E-state index in [9.17, 15) is 4.79 Å². The van der Waals surface area contributed by atoms with Crippen molar-refractivity contribution in [3.05, 3.63) is 42.1 Å². The molecule has 1 N–H and O–H groups in total. The molecule has 2 aromatic rings. The van der Waals surface area contributed by atoms with Crippen molar-refractivity contribution in [3.63, 3.8) is 0 Å². The van der Waals surface area contributed by atoms with Crippen molar-refractivity contribution in [2.24, 2.45) is 0 Å². The van der Waals surface area contributed by atoms with Gasteiger partial charge in [-0.3, -0.25) is 9.36 Å². The molecule has 0 aliphatic heterocycles. The summed E-state index contributed by atoms with van der Waals surface area (Å²) in [5, 5.41) is 3.17. The highest BCUT2D eigenvalue weighted by Gasteiger charge is 2.12. The Balaban J connectivity index is 2.29. The van der Waals surface area contributed by atoms with Gasteiger partial charge in [-0.2, -0.15) is 0 Å². The lowest BCUT2D eigenvalue weighted by Gasteiger charge is -2.10. The number of nitrogens with one attached hydrogen (secondary N) is 1. The van der Waals surface area contributed by atoms with Gasteiger partial charge in [0.2, 0.25) is 0 Å². The van der Waals surface area contributed by atoms with Gasteiger partial charge in [0.05, 0.1) is 0 Å². The summed E-state index contributed by atoms with van der Waals surface area (Å²) in [5.74, 6) is 1.19. The maximum Gasteiger partial charge on any atom is 0.281 e. The standard InChI is InChI=1S/C13H16N4O/c1-9(2)15-12-6-4-5-11(16-12)13(18)17-8-7-14-10(17)3/h4-9H,1-3H3,(H,15,16). The molecule has 5 nitrogen and oxygen atoms in total. The van der Waals surface area contributed by atoms with Crippen LogP contribution in [0.2, 0.25) is 0 Å². The van der Waals surface area contributed by atoms with Crippen LogP contribution >= 0.6 is 0 Å². The minimum Gasteiger partial charge on any atom is -0.368 e. The highest BCUT2D eigenvalue weighted by molar-refractivity contribution is 5.94. The Morgan fingerprint density at radius 3 is 2.78 bits per heavy atom. The average Bonchev–Trinajstić information content (AvgIpc) is 2.74. The molecular formula is C13H16N4O.